The normalized spacial score (nSPS) is 10.9. The molecule has 4 nitrogen and oxygen atoms in total. The lowest BCUT2D eigenvalue weighted by atomic mass is 10.1. The molecular weight excluding hydrogens is 504 g/mol. The maximum Gasteiger partial charge on any atom is 0.264 e. The number of unbranched alkanes of at least 4 members (excludes halogenated alkanes) is 9. The number of benzene rings is 2. The minimum Gasteiger partial charge on any atom is -0.492 e. The quantitative estimate of drug-likeness (QED) is 0.117. The smallest absolute Gasteiger partial charge is 0.264 e. The number of rotatable bonds is 18. The van der Waals surface area contributed by atoms with Crippen molar-refractivity contribution >= 4 is 23.2 Å². The molecule has 39 heavy (non-hydrogen) atoms. The molecule has 0 aliphatic rings. The number of aromatic nitrogens is 1. The number of amides is 1. The van der Waals surface area contributed by atoms with Crippen LogP contribution in [-0.2, 0) is 13.1 Å². The van der Waals surface area contributed by atoms with E-state index in [4.69, 9.17) is 16.3 Å². The first-order valence-electron chi connectivity index (χ1n) is 14.9. The van der Waals surface area contributed by atoms with Crippen LogP contribution < -0.4 is 14.2 Å². The third-order valence-electron chi connectivity index (χ3n) is 6.99. The van der Waals surface area contributed by atoms with E-state index in [-0.39, 0.29) is 5.91 Å². The molecule has 0 saturated heterocycles. The molecule has 210 valence electrons. The van der Waals surface area contributed by atoms with Gasteiger partial charge < -0.3 is 9.64 Å². The van der Waals surface area contributed by atoms with Gasteiger partial charge in [-0.15, -0.1) is 0 Å². The van der Waals surface area contributed by atoms with Crippen LogP contribution in [0.5, 0.6) is 5.75 Å². The maximum atomic E-state index is 13.6. The van der Waals surface area contributed by atoms with Crippen molar-refractivity contribution in [3.63, 3.8) is 0 Å². The Labute approximate surface area is 241 Å². The number of carbonyl (C=O) groups is 1. The Hall–Kier alpha value is -2.85. The average molecular weight is 550 g/mol. The zero-order valence-electron chi connectivity index (χ0n) is 23.9. The summed E-state index contributed by atoms with van der Waals surface area (Å²) in [6, 6.07) is 19.5. The molecular formula is C34H46ClN2O2+. The summed E-state index contributed by atoms with van der Waals surface area (Å²) < 4.78 is 8.05. The van der Waals surface area contributed by atoms with Crippen LogP contribution in [0, 0.1) is 0 Å². The summed E-state index contributed by atoms with van der Waals surface area (Å²) in [6.07, 6.45) is 17.9. The molecule has 5 heteroatoms. The van der Waals surface area contributed by atoms with Gasteiger partial charge in [-0.3, -0.25) is 4.79 Å². The van der Waals surface area contributed by atoms with Crippen molar-refractivity contribution in [3.8, 4) is 5.75 Å². The highest BCUT2D eigenvalue weighted by Crippen LogP contribution is 2.28. The lowest BCUT2D eigenvalue weighted by molar-refractivity contribution is -0.697. The number of anilines is 1. The highest BCUT2D eigenvalue weighted by atomic mass is 35.5. The van der Waals surface area contributed by atoms with Gasteiger partial charge in [-0.05, 0) is 42.3 Å². The number of ether oxygens (including phenoxy) is 1. The van der Waals surface area contributed by atoms with Gasteiger partial charge in [0.25, 0.3) is 5.91 Å². The Kier molecular flexibility index (Phi) is 13.9. The molecule has 0 aliphatic carbocycles. The van der Waals surface area contributed by atoms with Crippen molar-refractivity contribution in [2.45, 2.75) is 97.6 Å². The standard InChI is InChI=1S/C34H46ClN2O2/c1-3-5-6-7-8-9-10-11-12-16-25-39-33-22-21-29(26-32(33)35)27-37(31-19-14-13-15-20-31)34(38)30-18-17-24-36(28-30)23-4-2/h13-15,17-22,24,26,28H,3-12,16,23,25,27H2,1-2H3/q+1. The minimum atomic E-state index is -0.0379. The average Bonchev–Trinajstić information content (AvgIpc) is 2.96. The van der Waals surface area contributed by atoms with Crippen molar-refractivity contribution in [1.29, 1.82) is 0 Å². The van der Waals surface area contributed by atoms with Crippen LogP contribution in [0.4, 0.5) is 5.69 Å². The number of nitrogens with zero attached hydrogens (tertiary/aromatic N) is 2. The number of aryl methyl sites for hydroxylation is 1. The molecule has 0 fully saturated rings. The van der Waals surface area contributed by atoms with E-state index in [1.54, 1.807) is 0 Å². The van der Waals surface area contributed by atoms with E-state index in [0.29, 0.717) is 29.5 Å². The van der Waals surface area contributed by atoms with Crippen molar-refractivity contribution < 1.29 is 14.1 Å². The Bertz CT molecular complexity index is 1120. The molecule has 0 radical (unpaired) electrons. The second-order valence-electron chi connectivity index (χ2n) is 10.4. The first-order valence-corrected chi connectivity index (χ1v) is 15.3. The molecule has 3 aromatic rings. The van der Waals surface area contributed by atoms with Crippen LogP contribution >= 0.6 is 11.6 Å². The Morgan fingerprint density at radius 1 is 0.821 bits per heavy atom. The molecule has 1 aromatic heterocycles. The van der Waals surface area contributed by atoms with Crippen molar-refractivity contribution in [3.05, 3.63) is 89.2 Å². The summed E-state index contributed by atoms with van der Waals surface area (Å²) in [5.41, 5.74) is 2.48. The van der Waals surface area contributed by atoms with E-state index in [0.717, 1.165) is 30.6 Å². The summed E-state index contributed by atoms with van der Waals surface area (Å²) >= 11 is 6.61. The van der Waals surface area contributed by atoms with Crippen molar-refractivity contribution in [2.24, 2.45) is 0 Å². The monoisotopic (exact) mass is 549 g/mol. The van der Waals surface area contributed by atoms with Gasteiger partial charge >= 0.3 is 0 Å². The number of para-hydroxylation sites is 1. The van der Waals surface area contributed by atoms with Gasteiger partial charge in [0.15, 0.2) is 12.4 Å². The molecule has 0 saturated carbocycles. The molecule has 1 heterocycles. The third-order valence-corrected chi connectivity index (χ3v) is 7.29. The maximum absolute atomic E-state index is 13.6. The van der Waals surface area contributed by atoms with E-state index >= 15 is 0 Å². The largest absolute Gasteiger partial charge is 0.492 e. The molecule has 0 atom stereocenters. The predicted molar refractivity (Wildman–Crippen MR) is 163 cm³/mol. The number of hydrogen-bond donors (Lipinski definition) is 0. The molecule has 0 N–H and O–H groups in total. The fourth-order valence-corrected chi connectivity index (χ4v) is 5.06. The Morgan fingerprint density at radius 3 is 2.18 bits per heavy atom. The van der Waals surface area contributed by atoms with Gasteiger partial charge in [-0.25, -0.2) is 4.57 Å². The highest BCUT2D eigenvalue weighted by Gasteiger charge is 2.21. The molecule has 2 aromatic carbocycles. The van der Waals surface area contributed by atoms with Crippen molar-refractivity contribution in [2.75, 3.05) is 11.5 Å². The van der Waals surface area contributed by atoms with Gasteiger partial charge in [-0.2, -0.15) is 0 Å². The van der Waals surface area contributed by atoms with E-state index in [2.05, 4.69) is 18.4 Å². The number of hydrogen-bond acceptors (Lipinski definition) is 2. The lowest BCUT2D eigenvalue weighted by Crippen LogP contribution is -2.36. The fraction of sp³-hybridized carbons (Fsp3) is 0.471. The van der Waals surface area contributed by atoms with Crippen LogP contribution in [0.3, 0.4) is 0 Å². The number of halogens is 1. The molecule has 0 unspecified atom stereocenters. The molecule has 0 aliphatic heterocycles. The van der Waals surface area contributed by atoms with E-state index in [9.17, 15) is 4.79 Å². The molecule has 0 spiro atoms. The van der Waals surface area contributed by atoms with Crippen LogP contribution in [0.1, 0.15) is 100 Å². The molecule has 3 rings (SSSR count). The second-order valence-corrected chi connectivity index (χ2v) is 10.8. The minimum absolute atomic E-state index is 0.0379. The second kappa shape index (κ2) is 17.7. The number of pyridine rings is 1. The Balaban J connectivity index is 1.54. The first-order chi connectivity index (χ1) is 19.1. The van der Waals surface area contributed by atoms with E-state index < -0.39 is 0 Å². The van der Waals surface area contributed by atoms with Gasteiger partial charge in [0.05, 0.1) is 18.2 Å². The molecule has 0 bridgehead atoms. The number of carbonyl (C=O) groups excluding carboxylic acids is 1. The predicted octanol–water partition coefficient (Wildman–Crippen LogP) is 9.18. The zero-order valence-corrected chi connectivity index (χ0v) is 24.7. The summed E-state index contributed by atoms with van der Waals surface area (Å²) in [5, 5.41) is 0.584. The summed E-state index contributed by atoms with van der Waals surface area (Å²) in [4.78, 5) is 15.4. The fourth-order valence-electron chi connectivity index (χ4n) is 4.80. The third kappa shape index (κ3) is 10.7. The van der Waals surface area contributed by atoms with Crippen LogP contribution in [0.15, 0.2) is 73.1 Å². The Morgan fingerprint density at radius 2 is 1.51 bits per heavy atom. The van der Waals surface area contributed by atoms with Crippen LogP contribution in [0.25, 0.3) is 0 Å². The van der Waals surface area contributed by atoms with Crippen LogP contribution in [0.2, 0.25) is 5.02 Å². The van der Waals surface area contributed by atoms with Gasteiger partial charge in [0.2, 0.25) is 0 Å². The van der Waals surface area contributed by atoms with Crippen molar-refractivity contribution in [1.82, 2.24) is 0 Å². The highest BCUT2D eigenvalue weighted by molar-refractivity contribution is 6.32. The summed E-state index contributed by atoms with van der Waals surface area (Å²) in [6.45, 7) is 6.37. The molecule has 1 amide bonds. The van der Waals surface area contributed by atoms with Gasteiger partial charge in [0, 0.05) is 18.2 Å². The van der Waals surface area contributed by atoms with Gasteiger partial charge in [-0.1, -0.05) is 108 Å². The lowest BCUT2D eigenvalue weighted by Gasteiger charge is -2.23. The summed E-state index contributed by atoms with van der Waals surface area (Å²) in [7, 11) is 0. The zero-order chi connectivity index (χ0) is 27.7. The van der Waals surface area contributed by atoms with Crippen LogP contribution in [-0.4, -0.2) is 12.5 Å². The van der Waals surface area contributed by atoms with E-state index in [1.807, 2.05) is 78.0 Å². The summed E-state index contributed by atoms with van der Waals surface area (Å²) in [5.74, 6) is 0.668. The SMILES string of the molecule is CCCCCCCCCCCCOc1ccc(CN(C(=O)c2ccc[n+](CCC)c2)c2ccccc2)cc1Cl. The van der Waals surface area contributed by atoms with Gasteiger partial charge in [0.1, 0.15) is 17.9 Å². The van der Waals surface area contributed by atoms with E-state index in [1.165, 1.54) is 57.8 Å². The topological polar surface area (TPSA) is 33.4 Å². The first kappa shape index (κ1) is 30.7.